The van der Waals surface area contributed by atoms with E-state index >= 15 is 0 Å². The Morgan fingerprint density at radius 1 is 1.00 bits per heavy atom. The normalized spacial score (nSPS) is 13.2. The van der Waals surface area contributed by atoms with Crippen molar-refractivity contribution in [2.24, 2.45) is 0 Å². The van der Waals surface area contributed by atoms with Gasteiger partial charge in [-0.3, -0.25) is 0 Å². The molecule has 2 aromatic carbocycles. The van der Waals surface area contributed by atoms with Gasteiger partial charge in [-0.2, -0.15) is 0 Å². The maximum absolute atomic E-state index is 10.3. The lowest BCUT2D eigenvalue weighted by atomic mass is 9.82. The lowest BCUT2D eigenvalue weighted by Crippen LogP contribution is -2.49. The van der Waals surface area contributed by atoms with Crippen LogP contribution in [0.4, 0.5) is 0 Å². The number of hydrogen-bond donors (Lipinski definition) is 1. The highest BCUT2D eigenvalue weighted by Gasteiger charge is 2.35. The van der Waals surface area contributed by atoms with Crippen LogP contribution in [0.15, 0.2) is 51.5 Å². The van der Waals surface area contributed by atoms with E-state index in [1.165, 1.54) is 0 Å². The molecule has 4 nitrogen and oxygen atoms in total. The van der Waals surface area contributed by atoms with E-state index in [0.717, 1.165) is 38.4 Å². The summed E-state index contributed by atoms with van der Waals surface area (Å²) in [6.45, 7) is 7.29. The van der Waals surface area contributed by atoms with Crippen LogP contribution in [0.5, 0.6) is 0 Å². The first-order valence-corrected chi connectivity index (χ1v) is 8.44. The van der Waals surface area contributed by atoms with Gasteiger partial charge >= 0.3 is 7.48 Å². The molecule has 25 heavy (non-hydrogen) atoms. The molecule has 0 aliphatic heterocycles. The molecule has 0 radical (unpaired) electrons. The molecule has 0 aliphatic rings. The maximum Gasteiger partial charge on any atom is 0.313 e. The fourth-order valence-corrected chi connectivity index (χ4v) is 2.86. The van der Waals surface area contributed by atoms with E-state index in [1.54, 1.807) is 20.1 Å². The van der Waals surface area contributed by atoms with Crippen LogP contribution in [0.3, 0.4) is 0 Å². The molecule has 1 N–H and O–H groups in total. The third kappa shape index (κ3) is 2.64. The first-order valence-electron chi connectivity index (χ1n) is 8.44. The summed E-state index contributed by atoms with van der Waals surface area (Å²) >= 11 is 0. The highest BCUT2D eigenvalue weighted by atomic mass is 16.5. The summed E-state index contributed by atoms with van der Waals surface area (Å²) in [6.07, 6.45) is 1.68. The topological polar surface area (TPSA) is 55.7 Å². The van der Waals surface area contributed by atoms with E-state index in [4.69, 9.17) is 13.5 Å². The average molecular weight is 336 g/mol. The molecule has 0 saturated heterocycles. The van der Waals surface area contributed by atoms with Crippen LogP contribution in [0.25, 0.3) is 32.9 Å². The SMILES string of the molecule is CC(C)(O)C(C)(C)OBc1cccc2c1oc1cc3ccoc3cc12. The van der Waals surface area contributed by atoms with Gasteiger partial charge in [-0.15, -0.1) is 0 Å². The third-order valence-electron chi connectivity index (χ3n) is 5.22. The van der Waals surface area contributed by atoms with E-state index in [0.29, 0.717) is 7.48 Å². The second-order valence-electron chi connectivity index (χ2n) is 7.56. The molecule has 5 heteroatoms. The number of rotatable bonds is 4. The molecule has 0 fully saturated rings. The smallest absolute Gasteiger partial charge is 0.313 e. The fourth-order valence-electron chi connectivity index (χ4n) is 2.86. The highest BCUT2D eigenvalue weighted by molar-refractivity contribution is 6.51. The minimum atomic E-state index is -0.945. The highest BCUT2D eigenvalue weighted by Crippen LogP contribution is 2.32. The molecule has 128 valence electrons. The van der Waals surface area contributed by atoms with Crippen LogP contribution < -0.4 is 5.46 Å². The Morgan fingerprint density at radius 2 is 1.80 bits per heavy atom. The van der Waals surface area contributed by atoms with Crippen molar-refractivity contribution in [3.8, 4) is 0 Å². The molecule has 4 aromatic rings. The van der Waals surface area contributed by atoms with Gasteiger partial charge in [0.05, 0.1) is 17.5 Å². The Hall–Kier alpha value is -2.24. The zero-order chi connectivity index (χ0) is 17.8. The Labute approximate surface area is 146 Å². The summed E-state index contributed by atoms with van der Waals surface area (Å²) in [7, 11) is 0.365. The Kier molecular flexibility index (Phi) is 3.50. The molecule has 2 aromatic heterocycles. The van der Waals surface area contributed by atoms with Gasteiger partial charge in [0.2, 0.25) is 0 Å². The van der Waals surface area contributed by atoms with E-state index in [-0.39, 0.29) is 0 Å². The zero-order valence-electron chi connectivity index (χ0n) is 14.9. The summed E-state index contributed by atoms with van der Waals surface area (Å²) < 4.78 is 17.7. The number of hydrogen-bond acceptors (Lipinski definition) is 4. The molecule has 2 heterocycles. The van der Waals surface area contributed by atoms with Crippen molar-refractivity contribution < 1.29 is 18.6 Å². The predicted octanol–water partition coefficient (Wildman–Crippen LogP) is 3.88. The minimum absolute atomic E-state index is 0.365. The lowest BCUT2D eigenvalue weighted by Gasteiger charge is -2.37. The maximum atomic E-state index is 10.3. The van der Waals surface area contributed by atoms with E-state index in [1.807, 2.05) is 50.2 Å². The van der Waals surface area contributed by atoms with Crippen LogP contribution in [-0.4, -0.2) is 23.8 Å². The van der Waals surface area contributed by atoms with Crippen molar-refractivity contribution in [3.05, 3.63) is 42.7 Å². The van der Waals surface area contributed by atoms with Crippen molar-refractivity contribution in [2.75, 3.05) is 0 Å². The van der Waals surface area contributed by atoms with Crippen LogP contribution in [0.1, 0.15) is 27.7 Å². The van der Waals surface area contributed by atoms with Gasteiger partial charge in [0.15, 0.2) is 0 Å². The summed E-state index contributed by atoms with van der Waals surface area (Å²) in [5, 5.41) is 13.4. The van der Waals surface area contributed by atoms with Gasteiger partial charge in [-0.1, -0.05) is 18.2 Å². The molecule has 0 bridgehead atoms. The van der Waals surface area contributed by atoms with Crippen molar-refractivity contribution >= 4 is 45.9 Å². The number of benzene rings is 2. The average Bonchev–Trinajstić information content (AvgIpc) is 3.13. The number of para-hydroxylation sites is 1. The number of furan rings is 2. The van der Waals surface area contributed by atoms with Crippen LogP contribution in [0, 0.1) is 0 Å². The van der Waals surface area contributed by atoms with Crippen molar-refractivity contribution in [3.63, 3.8) is 0 Å². The van der Waals surface area contributed by atoms with E-state index < -0.39 is 11.2 Å². The fraction of sp³-hybridized carbons (Fsp3) is 0.300. The van der Waals surface area contributed by atoms with Crippen molar-refractivity contribution in [1.29, 1.82) is 0 Å². The Morgan fingerprint density at radius 3 is 2.56 bits per heavy atom. The van der Waals surface area contributed by atoms with Gasteiger partial charge in [-0.05, 0) is 51.4 Å². The molecule has 0 unspecified atom stereocenters. The zero-order valence-corrected chi connectivity index (χ0v) is 14.9. The molecular weight excluding hydrogens is 315 g/mol. The van der Waals surface area contributed by atoms with Gasteiger partial charge in [0, 0.05) is 16.2 Å². The lowest BCUT2D eigenvalue weighted by molar-refractivity contribution is -0.0893. The largest absolute Gasteiger partial charge is 0.464 e. The Balaban J connectivity index is 1.78. The third-order valence-corrected chi connectivity index (χ3v) is 5.22. The van der Waals surface area contributed by atoms with Gasteiger partial charge in [-0.25, -0.2) is 0 Å². The standard InChI is InChI=1S/C20H21BO4/c1-19(2,22)20(3,4)25-21-15-7-5-6-13-14-11-16-12(8-9-23-16)10-17(14)24-18(13)15/h5-11,21-22H,1-4H3. The second kappa shape index (κ2) is 5.38. The summed E-state index contributed by atoms with van der Waals surface area (Å²) in [4.78, 5) is 0. The predicted molar refractivity (Wildman–Crippen MR) is 102 cm³/mol. The molecule has 0 atom stereocenters. The minimum Gasteiger partial charge on any atom is -0.464 e. The molecule has 0 saturated carbocycles. The first kappa shape index (κ1) is 16.2. The monoisotopic (exact) mass is 336 g/mol. The molecule has 0 amide bonds. The summed E-state index contributed by atoms with van der Waals surface area (Å²) in [6, 6.07) is 12.0. The molecule has 0 aliphatic carbocycles. The first-order chi connectivity index (χ1) is 11.8. The van der Waals surface area contributed by atoms with E-state index in [2.05, 4.69) is 0 Å². The van der Waals surface area contributed by atoms with Crippen LogP contribution in [-0.2, 0) is 4.65 Å². The number of aliphatic hydroxyl groups is 1. The van der Waals surface area contributed by atoms with Crippen LogP contribution in [0.2, 0.25) is 0 Å². The Bertz CT molecular complexity index is 1070. The summed E-state index contributed by atoms with van der Waals surface area (Å²) in [5.41, 5.74) is 1.83. The quantitative estimate of drug-likeness (QED) is 0.575. The van der Waals surface area contributed by atoms with Crippen LogP contribution >= 0.6 is 0 Å². The van der Waals surface area contributed by atoms with Crippen molar-refractivity contribution in [1.82, 2.24) is 0 Å². The van der Waals surface area contributed by atoms with Gasteiger partial charge in [0.1, 0.15) is 16.7 Å². The summed E-state index contributed by atoms with van der Waals surface area (Å²) in [5.74, 6) is 0. The van der Waals surface area contributed by atoms with Crippen molar-refractivity contribution in [2.45, 2.75) is 38.9 Å². The number of fused-ring (bicyclic) bond motifs is 4. The second-order valence-corrected chi connectivity index (χ2v) is 7.56. The molecule has 0 spiro atoms. The van der Waals surface area contributed by atoms with Gasteiger partial charge in [0.25, 0.3) is 0 Å². The molecule has 4 rings (SSSR count). The van der Waals surface area contributed by atoms with E-state index in [9.17, 15) is 5.11 Å². The molecular formula is C20H21BO4. The van der Waals surface area contributed by atoms with Gasteiger partial charge < -0.3 is 18.6 Å².